The van der Waals surface area contributed by atoms with E-state index in [0.29, 0.717) is 25.9 Å². The second-order valence-corrected chi connectivity index (χ2v) is 9.07. The SMILES string of the molecule is O=C(NCCCc1ccc(C(F)(F)F)cc1)NCC(O)CNc1ccc(Cc2ccccc2)s1. The number of aryl methyl sites for hydroxylation is 1. The molecule has 0 spiro atoms. The van der Waals surface area contributed by atoms with E-state index in [9.17, 15) is 23.1 Å². The first-order chi connectivity index (χ1) is 16.3. The van der Waals surface area contributed by atoms with Crippen LogP contribution < -0.4 is 16.0 Å². The van der Waals surface area contributed by atoms with E-state index < -0.39 is 23.9 Å². The number of anilines is 1. The van der Waals surface area contributed by atoms with Gasteiger partial charge in [0.2, 0.25) is 0 Å². The summed E-state index contributed by atoms with van der Waals surface area (Å²) in [5.74, 6) is 0. The first-order valence-electron chi connectivity index (χ1n) is 11.0. The molecule has 4 N–H and O–H groups in total. The molecule has 2 aromatic carbocycles. The number of halogens is 3. The molecule has 0 radical (unpaired) electrons. The van der Waals surface area contributed by atoms with Crippen LogP contribution in [0.2, 0.25) is 0 Å². The molecule has 1 atom stereocenters. The van der Waals surface area contributed by atoms with E-state index in [1.165, 1.54) is 22.6 Å². The summed E-state index contributed by atoms with van der Waals surface area (Å²) in [6, 6.07) is 18.9. The molecule has 9 heteroatoms. The fourth-order valence-electron chi connectivity index (χ4n) is 3.28. The van der Waals surface area contributed by atoms with Gasteiger partial charge in [-0.25, -0.2) is 4.79 Å². The Kier molecular flexibility index (Phi) is 9.35. The minimum Gasteiger partial charge on any atom is -0.389 e. The van der Waals surface area contributed by atoms with Gasteiger partial charge in [-0.3, -0.25) is 0 Å². The monoisotopic (exact) mass is 491 g/mol. The lowest BCUT2D eigenvalue weighted by atomic mass is 10.1. The van der Waals surface area contributed by atoms with Crippen molar-refractivity contribution in [1.29, 1.82) is 0 Å². The van der Waals surface area contributed by atoms with Crippen molar-refractivity contribution in [3.05, 3.63) is 88.3 Å². The first-order valence-corrected chi connectivity index (χ1v) is 11.8. The van der Waals surface area contributed by atoms with E-state index in [2.05, 4.69) is 34.1 Å². The number of aliphatic hydroxyl groups is 1. The molecule has 0 aliphatic carbocycles. The van der Waals surface area contributed by atoms with Gasteiger partial charge in [-0.05, 0) is 48.2 Å². The minimum absolute atomic E-state index is 0.0972. The number of thiophene rings is 1. The second kappa shape index (κ2) is 12.4. The highest BCUT2D eigenvalue weighted by Gasteiger charge is 2.29. The fraction of sp³-hybridized carbons (Fsp3) is 0.320. The quantitative estimate of drug-likeness (QED) is 0.283. The van der Waals surface area contributed by atoms with Crippen LogP contribution in [0.1, 0.15) is 28.0 Å². The van der Waals surface area contributed by atoms with Crippen LogP contribution in [0.25, 0.3) is 0 Å². The lowest BCUT2D eigenvalue weighted by Gasteiger charge is -2.13. The Morgan fingerprint density at radius 1 is 0.912 bits per heavy atom. The van der Waals surface area contributed by atoms with E-state index in [1.54, 1.807) is 11.3 Å². The third-order valence-corrected chi connectivity index (χ3v) is 6.14. The van der Waals surface area contributed by atoms with Crippen LogP contribution in [0, 0.1) is 0 Å². The predicted octanol–water partition coefficient (Wildman–Crippen LogP) is 5.06. The van der Waals surface area contributed by atoms with Gasteiger partial charge in [0, 0.05) is 30.9 Å². The topological polar surface area (TPSA) is 73.4 Å². The summed E-state index contributed by atoms with van der Waals surface area (Å²) in [5, 5.41) is 19.6. The molecule has 2 amide bonds. The standard InChI is InChI=1S/C25H28F3N3O2S/c26-25(27,28)20-10-8-18(9-11-20)7-4-14-29-24(33)31-17-21(32)16-30-23-13-12-22(34-23)15-19-5-2-1-3-6-19/h1-3,5-6,8-13,21,30,32H,4,7,14-17H2,(H2,29,31,33). The van der Waals surface area contributed by atoms with Gasteiger partial charge >= 0.3 is 12.2 Å². The second-order valence-electron chi connectivity index (χ2n) is 7.90. The van der Waals surface area contributed by atoms with Crippen molar-refractivity contribution in [3.63, 3.8) is 0 Å². The number of urea groups is 1. The number of carbonyl (C=O) groups is 1. The number of rotatable bonds is 11. The van der Waals surface area contributed by atoms with E-state index in [0.717, 1.165) is 29.1 Å². The summed E-state index contributed by atoms with van der Waals surface area (Å²) < 4.78 is 37.7. The van der Waals surface area contributed by atoms with Crippen molar-refractivity contribution in [2.75, 3.05) is 25.0 Å². The molecular formula is C25H28F3N3O2S. The third-order valence-electron chi connectivity index (χ3n) is 5.10. The van der Waals surface area contributed by atoms with Gasteiger partial charge < -0.3 is 21.1 Å². The Labute approximate surface area is 201 Å². The molecule has 0 fully saturated rings. The highest BCUT2D eigenvalue weighted by molar-refractivity contribution is 7.16. The van der Waals surface area contributed by atoms with E-state index in [1.807, 2.05) is 24.3 Å². The summed E-state index contributed by atoms with van der Waals surface area (Å²) in [7, 11) is 0. The highest BCUT2D eigenvalue weighted by atomic mass is 32.1. The zero-order chi connectivity index (χ0) is 24.4. The molecule has 3 aromatic rings. The summed E-state index contributed by atoms with van der Waals surface area (Å²) >= 11 is 1.63. The number of amides is 2. The highest BCUT2D eigenvalue weighted by Crippen LogP contribution is 2.29. The van der Waals surface area contributed by atoms with Gasteiger partial charge in [0.15, 0.2) is 0 Å². The molecule has 0 aliphatic heterocycles. The molecular weight excluding hydrogens is 463 g/mol. The van der Waals surface area contributed by atoms with Crippen LogP contribution in [0.5, 0.6) is 0 Å². The van der Waals surface area contributed by atoms with Crippen molar-refractivity contribution < 1.29 is 23.1 Å². The first kappa shape index (κ1) is 25.6. The number of alkyl halides is 3. The average molecular weight is 492 g/mol. The maximum absolute atomic E-state index is 12.6. The largest absolute Gasteiger partial charge is 0.416 e. The lowest BCUT2D eigenvalue weighted by Crippen LogP contribution is -2.41. The number of carbonyl (C=O) groups excluding carboxylic acids is 1. The van der Waals surface area contributed by atoms with Crippen LogP contribution in [0.4, 0.5) is 23.0 Å². The van der Waals surface area contributed by atoms with Crippen LogP contribution in [0.15, 0.2) is 66.7 Å². The van der Waals surface area contributed by atoms with Crippen molar-refractivity contribution >= 4 is 22.4 Å². The van der Waals surface area contributed by atoms with E-state index in [-0.39, 0.29) is 6.54 Å². The molecule has 3 rings (SSSR count). The van der Waals surface area contributed by atoms with Crippen LogP contribution in [-0.4, -0.2) is 36.9 Å². The molecule has 34 heavy (non-hydrogen) atoms. The number of nitrogens with one attached hydrogen (secondary N) is 3. The number of aliphatic hydroxyl groups excluding tert-OH is 1. The fourth-order valence-corrected chi connectivity index (χ4v) is 4.23. The maximum Gasteiger partial charge on any atom is 0.416 e. The third kappa shape index (κ3) is 8.72. The maximum atomic E-state index is 12.6. The molecule has 1 unspecified atom stereocenters. The van der Waals surface area contributed by atoms with Crippen LogP contribution in [0.3, 0.4) is 0 Å². The number of hydrogen-bond acceptors (Lipinski definition) is 4. The molecule has 0 aliphatic rings. The molecule has 1 heterocycles. The summed E-state index contributed by atoms with van der Waals surface area (Å²) in [5.41, 5.74) is 1.34. The Hall–Kier alpha value is -3.04. The van der Waals surface area contributed by atoms with Gasteiger partial charge in [0.1, 0.15) is 0 Å². The molecule has 5 nitrogen and oxygen atoms in total. The molecule has 1 aromatic heterocycles. The van der Waals surface area contributed by atoms with Crippen molar-refractivity contribution in [2.24, 2.45) is 0 Å². The summed E-state index contributed by atoms with van der Waals surface area (Å²) in [6.45, 7) is 0.778. The lowest BCUT2D eigenvalue weighted by molar-refractivity contribution is -0.137. The Bertz CT molecular complexity index is 1020. The molecule has 0 bridgehead atoms. The van der Waals surface area contributed by atoms with Crippen molar-refractivity contribution in [1.82, 2.24) is 10.6 Å². The zero-order valence-corrected chi connectivity index (χ0v) is 19.4. The summed E-state index contributed by atoms with van der Waals surface area (Å²) in [6.07, 6.45) is -3.09. The number of benzene rings is 2. The van der Waals surface area contributed by atoms with Gasteiger partial charge in [0.05, 0.1) is 16.7 Å². The van der Waals surface area contributed by atoms with Crippen LogP contribution in [-0.2, 0) is 19.0 Å². The van der Waals surface area contributed by atoms with E-state index in [4.69, 9.17) is 0 Å². The minimum atomic E-state index is -4.34. The predicted molar refractivity (Wildman–Crippen MR) is 129 cm³/mol. The Morgan fingerprint density at radius 2 is 1.65 bits per heavy atom. The summed E-state index contributed by atoms with van der Waals surface area (Å²) in [4.78, 5) is 13.1. The molecule has 0 saturated carbocycles. The number of hydrogen-bond donors (Lipinski definition) is 4. The van der Waals surface area contributed by atoms with Gasteiger partial charge in [-0.2, -0.15) is 13.2 Å². The normalized spacial score (nSPS) is 12.2. The molecule has 182 valence electrons. The zero-order valence-electron chi connectivity index (χ0n) is 18.6. The van der Waals surface area contributed by atoms with Gasteiger partial charge in [-0.1, -0.05) is 42.5 Å². The van der Waals surface area contributed by atoms with Crippen LogP contribution >= 0.6 is 11.3 Å². The van der Waals surface area contributed by atoms with E-state index >= 15 is 0 Å². The van der Waals surface area contributed by atoms with Gasteiger partial charge in [0.25, 0.3) is 0 Å². The average Bonchev–Trinajstić information content (AvgIpc) is 3.27. The van der Waals surface area contributed by atoms with Gasteiger partial charge in [-0.15, -0.1) is 11.3 Å². The van der Waals surface area contributed by atoms with Crippen molar-refractivity contribution in [3.8, 4) is 0 Å². The Morgan fingerprint density at radius 3 is 2.35 bits per heavy atom. The Balaban J connectivity index is 1.27. The molecule has 0 saturated heterocycles. The van der Waals surface area contributed by atoms with Crippen molar-refractivity contribution in [2.45, 2.75) is 31.5 Å². The smallest absolute Gasteiger partial charge is 0.389 e.